The zero-order valence-corrected chi connectivity index (χ0v) is 19.5. The second-order valence-corrected chi connectivity index (χ2v) is 10.4. The van der Waals surface area contributed by atoms with Crippen molar-refractivity contribution in [2.45, 2.75) is 44.0 Å². The van der Waals surface area contributed by atoms with Crippen molar-refractivity contribution in [3.8, 4) is 5.75 Å². The van der Waals surface area contributed by atoms with E-state index in [9.17, 15) is 18.0 Å². The van der Waals surface area contributed by atoms with Crippen LogP contribution in [0.5, 0.6) is 5.75 Å². The van der Waals surface area contributed by atoms with Gasteiger partial charge in [0.05, 0.1) is 31.2 Å². The minimum Gasteiger partial charge on any atom is -0.495 e. The molecule has 0 unspecified atom stereocenters. The number of hydrogen-bond donors (Lipinski definition) is 1. The lowest BCUT2D eigenvalue weighted by molar-refractivity contribution is -0.140. The number of sulfonamides is 1. The maximum Gasteiger partial charge on any atom is 0.265 e. The smallest absolute Gasteiger partial charge is 0.265 e. The molecule has 2 aromatic rings. The van der Waals surface area contributed by atoms with Crippen LogP contribution in [0.25, 0.3) is 0 Å². The largest absolute Gasteiger partial charge is 0.495 e. The average Bonchev–Trinajstić information content (AvgIpc) is 3.01. The van der Waals surface area contributed by atoms with Crippen molar-refractivity contribution < 1.29 is 22.7 Å². The van der Waals surface area contributed by atoms with Gasteiger partial charge in [-0.05, 0) is 61.2 Å². The molecule has 2 aromatic carbocycles. The first-order valence-electron chi connectivity index (χ1n) is 10.5. The SMILES string of the molecule is COc1ccc(CN2C(=O)[C@H]3CCCC[C@H]3C2=O)cc1S(=O)(=O)Nc1ccc(Cl)cc1C. The highest BCUT2D eigenvalue weighted by atomic mass is 35.5. The van der Waals surface area contributed by atoms with Crippen LogP contribution in [-0.2, 0) is 26.2 Å². The fourth-order valence-electron chi connectivity index (χ4n) is 4.54. The molecule has 2 fully saturated rings. The zero-order valence-electron chi connectivity index (χ0n) is 17.9. The van der Waals surface area contributed by atoms with Crippen molar-refractivity contribution in [2.24, 2.45) is 11.8 Å². The van der Waals surface area contributed by atoms with E-state index >= 15 is 0 Å². The van der Waals surface area contributed by atoms with E-state index in [0.29, 0.717) is 21.8 Å². The number of rotatable bonds is 6. The van der Waals surface area contributed by atoms with Crippen LogP contribution in [0, 0.1) is 18.8 Å². The molecular weight excluding hydrogens is 452 g/mol. The Morgan fingerprint density at radius 3 is 2.31 bits per heavy atom. The number of benzene rings is 2. The molecule has 1 aliphatic heterocycles. The molecule has 0 spiro atoms. The Morgan fingerprint density at radius 2 is 1.72 bits per heavy atom. The monoisotopic (exact) mass is 476 g/mol. The Morgan fingerprint density at radius 1 is 1.06 bits per heavy atom. The highest BCUT2D eigenvalue weighted by Gasteiger charge is 2.47. The van der Waals surface area contributed by atoms with E-state index in [0.717, 1.165) is 25.7 Å². The van der Waals surface area contributed by atoms with Crippen molar-refractivity contribution in [2.75, 3.05) is 11.8 Å². The number of fused-ring (bicyclic) bond motifs is 1. The molecule has 7 nitrogen and oxygen atoms in total. The number of likely N-dealkylation sites (tertiary alicyclic amines) is 1. The highest BCUT2D eigenvalue weighted by Crippen LogP contribution is 2.39. The maximum atomic E-state index is 13.2. The van der Waals surface area contributed by atoms with Gasteiger partial charge in [0.15, 0.2) is 0 Å². The minimum absolute atomic E-state index is 0.0388. The zero-order chi connectivity index (χ0) is 23.0. The summed E-state index contributed by atoms with van der Waals surface area (Å²) in [7, 11) is -2.61. The molecule has 1 heterocycles. The summed E-state index contributed by atoms with van der Waals surface area (Å²) in [4.78, 5) is 26.8. The van der Waals surface area contributed by atoms with Gasteiger partial charge in [0.2, 0.25) is 11.8 Å². The van der Waals surface area contributed by atoms with Gasteiger partial charge >= 0.3 is 0 Å². The molecule has 9 heteroatoms. The molecule has 1 saturated heterocycles. The fourth-order valence-corrected chi connectivity index (χ4v) is 6.12. The van der Waals surface area contributed by atoms with Gasteiger partial charge in [-0.1, -0.05) is 30.5 Å². The number of imide groups is 1. The molecule has 0 bridgehead atoms. The van der Waals surface area contributed by atoms with Crippen molar-refractivity contribution in [1.82, 2.24) is 4.90 Å². The third-order valence-electron chi connectivity index (χ3n) is 6.22. The second-order valence-electron chi connectivity index (χ2n) is 8.31. The Kier molecular flexibility index (Phi) is 6.18. The van der Waals surface area contributed by atoms with Crippen molar-refractivity contribution >= 4 is 39.1 Å². The van der Waals surface area contributed by atoms with Crippen LogP contribution in [0.4, 0.5) is 5.69 Å². The summed E-state index contributed by atoms with van der Waals surface area (Å²) in [5.41, 5.74) is 1.61. The van der Waals surface area contributed by atoms with E-state index in [4.69, 9.17) is 16.3 Å². The third kappa shape index (κ3) is 4.21. The van der Waals surface area contributed by atoms with Gasteiger partial charge in [-0.3, -0.25) is 19.2 Å². The van der Waals surface area contributed by atoms with Crippen LogP contribution < -0.4 is 9.46 Å². The van der Waals surface area contributed by atoms with E-state index in [1.165, 1.54) is 24.1 Å². The number of amides is 2. The Labute approximate surface area is 192 Å². The van der Waals surface area contributed by atoms with E-state index in [2.05, 4.69) is 4.72 Å². The maximum absolute atomic E-state index is 13.2. The van der Waals surface area contributed by atoms with Crippen molar-refractivity contribution in [3.05, 3.63) is 52.5 Å². The normalized spacial score (nSPS) is 20.9. The van der Waals surface area contributed by atoms with Gasteiger partial charge in [-0.2, -0.15) is 0 Å². The van der Waals surface area contributed by atoms with Gasteiger partial charge in [-0.15, -0.1) is 0 Å². The first kappa shape index (κ1) is 22.6. The number of aryl methyl sites for hydroxylation is 1. The number of halogens is 1. The van der Waals surface area contributed by atoms with Crippen LogP contribution in [0.15, 0.2) is 41.3 Å². The van der Waals surface area contributed by atoms with E-state index in [1.54, 1.807) is 31.2 Å². The predicted octanol–water partition coefficient (Wildman–Crippen LogP) is 4.13. The Bertz CT molecular complexity index is 1160. The van der Waals surface area contributed by atoms with Crippen LogP contribution >= 0.6 is 11.6 Å². The summed E-state index contributed by atoms with van der Waals surface area (Å²) in [6, 6.07) is 9.52. The number of carbonyl (C=O) groups excluding carboxylic acids is 2. The molecule has 2 amide bonds. The van der Waals surface area contributed by atoms with E-state index < -0.39 is 10.0 Å². The van der Waals surface area contributed by atoms with Crippen molar-refractivity contribution in [3.63, 3.8) is 0 Å². The summed E-state index contributed by atoms with van der Waals surface area (Å²) in [6.07, 6.45) is 3.38. The third-order valence-corrected chi connectivity index (χ3v) is 7.85. The van der Waals surface area contributed by atoms with Crippen molar-refractivity contribution in [1.29, 1.82) is 0 Å². The molecule has 1 aliphatic carbocycles. The summed E-state index contributed by atoms with van der Waals surface area (Å²) in [5, 5.41) is 0.505. The van der Waals surface area contributed by atoms with Gasteiger partial charge in [0.1, 0.15) is 10.6 Å². The standard InChI is InChI=1S/C23H25ClN2O5S/c1-14-11-16(24)8-9-19(14)25-32(29,30)21-12-15(7-10-20(21)31-2)13-26-22(27)17-5-3-4-6-18(17)23(26)28/h7-12,17-18,25H,3-6,13H2,1-2H3/t17-,18+. The first-order valence-corrected chi connectivity index (χ1v) is 12.4. The van der Waals surface area contributed by atoms with E-state index in [-0.39, 0.29) is 40.8 Å². The average molecular weight is 477 g/mol. The quantitative estimate of drug-likeness (QED) is 0.632. The summed E-state index contributed by atoms with van der Waals surface area (Å²) in [5.74, 6) is -0.634. The lowest BCUT2D eigenvalue weighted by Crippen LogP contribution is -2.30. The van der Waals surface area contributed by atoms with Crippen LogP contribution in [0.3, 0.4) is 0 Å². The number of nitrogens with one attached hydrogen (secondary N) is 1. The summed E-state index contributed by atoms with van der Waals surface area (Å²) < 4.78 is 34.2. The van der Waals surface area contributed by atoms with Gasteiger partial charge in [0.25, 0.3) is 10.0 Å². The molecule has 1 saturated carbocycles. The predicted molar refractivity (Wildman–Crippen MR) is 121 cm³/mol. The number of anilines is 1. The Hall–Kier alpha value is -2.58. The number of methoxy groups -OCH3 is 1. The molecule has 32 heavy (non-hydrogen) atoms. The number of nitrogens with zero attached hydrogens (tertiary/aromatic N) is 1. The minimum atomic E-state index is -4.00. The van der Waals surface area contributed by atoms with Crippen LogP contribution in [0.1, 0.15) is 36.8 Å². The van der Waals surface area contributed by atoms with Gasteiger partial charge in [0, 0.05) is 5.02 Å². The van der Waals surface area contributed by atoms with Crippen LogP contribution in [0.2, 0.25) is 5.02 Å². The highest BCUT2D eigenvalue weighted by molar-refractivity contribution is 7.92. The molecule has 0 radical (unpaired) electrons. The number of ether oxygens (including phenoxy) is 1. The molecule has 170 valence electrons. The van der Waals surface area contributed by atoms with Gasteiger partial charge in [-0.25, -0.2) is 8.42 Å². The molecule has 2 aliphatic rings. The molecule has 4 rings (SSSR count). The molecule has 2 atom stereocenters. The summed E-state index contributed by atoms with van der Waals surface area (Å²) in [6.45, 7) is 1.79. The first-order chi connectivity index (χ1) is 15.2. The lowest BCUT2D eigenvalue weighted by Gasteiger charge is -2.19. The lowest BCUT2D eigenvalue weighted by atomic mass is 9.81. The van der Waals surface area contributed by atoms with E-state index in [1.807, 2.05) is 0 Å². The Balaban J connectivity index is 1.63. The van der Waals surface area contributed by atoms with Crippen LogP contribution in [-0.4, -0.2) is 32.2 Å². The number of hydrogen-bond acceptors (Lipinski definition) is 5. The molecular formula is C23H25ClN2O5S. The topological polar surface area (TPSA) is 92.8 Å². The molecule has 0 aromatic heterocycles. The molecule has 1 N–H and O–H groups in total. The summed E-state index contributed by atoms with van der Waals surface area (Å²) >= 11 is 5.97. The fraction of sp³-hybridized carbons (Fsp3) is 0.391. The van der Waals surface area contributed by atoms with Gasteiger partial charge < -0.3 is 4.74 Å². The second kappa shape index (κ2) is 8.75. The number of carbonyl (C=O) groups is 2.